The number of aromatic nitrogens is 7. The third-order valence-corrected chi connectivity index (χ3v) is 3.66. The zero-order valence-electron chi connectivity index (χ0n) is 12.7. The van der Waals surface area contributed by atoms with Crippen molar-refractivity contribution >= 4 is 17.1 Å². The summed E-state index contributed by atoms with van der Waals surface area (Å²) in [5, 5.41) is 15.9. The molecule has 0 aliphatic carbocycles. The third kappa shape index (κ3) is 2.59. The van der Waals surface area contributed by atoms with Crippen molar-refractivity contribution in [2.24, 2.45) is 0 Å². The molecule has 1 N–H and O–H groups in total. The molecule has 0 atom stereocenters. The van der Waals surface area contributed by atoms with Crippen LogP contribution >= 0.6 is 0 Å². The minimum Gasteiger partial charge on any atom is -0.381 e. The first kappa shape index (κ1) is 13.6. The summed E-state index contributed by atoms with van der Waals surface area (Å²) >= 11 is 0. The maximum Gasteiger partial charge on any atom is 0.233 e. The quantitative estimate of drug-likeness (QED) is 0.599. The standard InChI is InChI=1S/C15H16N8/c1-2-11-8-13(14-20-18-10-23(14)21-11)16-6-4-12-9-22-7-3-5-17-15(22)19-12/h3,5,7-10,16H,2,4,6H2,1H3. The molecular formula is C15H16N8. The molecule has 4 heterocycles. The Balaban J connectivity index is 1.51. The smallest absolute Gasteiger partial charge is 0.233 e. The van der Waals surface area contributed by atoms with Crippen LogP contribution in [0.4, 0.5) is 5.69 Å². The summed E-state index contributed by atoms with van der Waals surface area (Å²) in [6, 6.07) is 3.91. The van der Waals surface area contributed by atoms with E-state index >= 15 is 0 Å². The molecule has 0 aromatic carbocycles. The van der Waals surface area contributed by atoms with E-state index in [4.69, 9.17) is 0 Å². The molecule has 0 amide bonds. The van der Waals surface area contributed by atoms with Gasteiger partial charge in [0.25, 0.3) is 0 Å². The molecule has 0 fully saturated rings. The molecule has 0 aliphatic heterocycles. The van der Waals surface area contributed by atoms with E-state index in [-0.39, 0.29) is 0 Å². The fourth-order valence-corrected chi connectivity index (χ4v) is 2.51. The highest BCUT2D eigenvalue weighted by atomic mass is 15.3. The summed E-state index contributed by atoms with van der Waals surface area (Å²) in [4.78, 5) is 8.72. The van der Waals surface area contributed by atoms with Gasteiger partial charge in [-0.2, -0.15) is 9.61 Å². The Labute approximate surface area is 132 Å². The molecule has 0 saturated heterocycles. The molecule has 0 bridgehead atoms. The van der Waals surface area contributed by atoms with Crippen molar-refractivity contribution in [1.82, 2.24) is 34.2 Å². The van der Waals surface area contributed by atoms with Crippen molar-refractivity contribution in [2.45, 2.75) is 19.8 Å². The number of aryl methyl sites for hydroxylation is 1. The number of imidazole rings is 1. The fourth-order valence-electron chi connectivity index (χ4n) is 2.51. The van der Waals surface area contributed by atoms with Gasteiger partial charge in [0.2, 0.25) is 11.4 Å². The van der Waals surface area contributed by atoms with E-state index in [1.54, 1.807) is 17.0 Å². The van der Waals surface area contributed by atoms with Gasteiger partial charge in [-0.3, -0.25) is 4.40 Å². The lowest BCUT2D eigenvalue weighted by Gasteiger charge is -2.07. The average Bonchev–Trinajstić information content (AvgIpc) is 3.20. The van der Waals surface area contributed by atoms with E-state index < -0.39 is 0 Å². The van der Waals surface area contributed by atoms with Crippen LogP contribution in [0, 0.1) is 0 Å². The summed E-state index contributed by atoms with van der Waals surface area (Å²) in [7, 11) is 0. The Kier molecular flexibility index (Phi) is 3.34. The van der Waals surface area contributed by atoms with Crippen LogP contribution < -0.4 is 5.32 Å². The van der Waals surface area contributed by atoms with Crippen LogP contribution in [0.2, 0.25) is 0 Å². The number of nitrogens with one attached hydrogen (secondary N) is 1. The first-order chi connectivity index (χ1) is 11.3. The highest BCUT2D eigenvalue weighted by Crippen LogP contribution is 2.15. The van der Waals surface area contributed by atoms with Crippen LogP contribution in [0.5, 0.6) is 0 Å². The molecule has 4 aromatic rings. The van der Waals surface area contributed by atoms with E-state index in [1.807, 2.05) is 28.9 Å². The molecular weight excluding hydrogens is 292 g/mol. The van der Waals surface area contributed by atoms with Crippen molar-refractivity contribution in [3.05, 3.63) is 48.4 Å². The van der Waals surface area contributed by atoms with Gasteiger partial charge >= 0.3 is 0 Å². The van der Waals surface area contributed by atoms with Crippen molar-refractivity contribution < 1.29 is 0 Å². The van der Waals surface area contributed by atoms with Gasteiger partial charge < -0.3 is 5.32 Å². The number of nitrogens with zero attached hydrogens (tertiary/aromatic N) is 7. The summed E-state index contributed by atoms with van der Waals surface area (Å²) in [6.07, 6.45) is 8.97. The first-order valence-electron chi connectivity index (χ1n) is 7.56. The lowest BCUT2D eigenvalue weighted by molar-refractivity contribution is 0.855. The summed E-state index contributed by atoms with van der Waals surface area (Å²) < 4.78 is 3.63. The predicted molar refractivity (Wildman–Crippen MR) is 85.3 cm³/mol. The number of hydrogen-bond donors (Lipinski definition) is 1. The van der Waals surface area contributed by atoms with Crippen molar-refractivity contribution in [3.8, 4) is 0 Å². The molecule has 4 aromatic heterocycles. The monoisotopic (exact) mass is 308 g/mol. The summed E-state index contributed by atoms with van der Waals surface area (Å²) in [5.41, 5.74) is 3.67. The van der Waals surface area contributed by atoms with E-state index in [1.165, 1.54) is 0 Å². The van der Waals surface area contributed by atoms with Crippen molar-refractivity contribution in [3.63, 3.8) is 0 Å². The van der Waals surface area contributed by atoms with Gasteiger partial charge in [-0.15, -0.1) is 10.2 Å². The number of rotatable bonds is 5. The van der Waals surface area contributed by atoms with Gasteiger partial charge in [-0.05, 0) is 18.6 Å². The molecule has 0 spiro atoms. The molecule has 4 rings (SSSR count). The first-order valence-corrected chi connectivity index (χ1v) is 7.56. The number of anilines is 1. The number of hydrogen-bond acceptors (Lipinski definition) is 6. The van der Waals surface area contributed by atoms with Gasteiger partial charge in [0, 0.05) is 31.6 Å². The van der Waals surface area contributed by atoms with Crippen LogP contribution in [0.3, 0.4) is 0 Å². The normalized spacial score (nSPS) is 11.3. The van der Waals surface area contributed by atoms with Gasteiger partial charge in [0.1, 0.15) is 6.33 Å². The zero-order chi connectivity index (χ0) is 15.6. The molecule has 0 aliphatic rings. The van der Waals surface area contributed by atoms with Gasteiger partial charge in [0.15, 0.2) is 0 Å². The Morgan fingerprint density at radius 2 is 2.22 bits per heavy atom. The summed E-state index contributed by atoms with van der Waals surface area (Å²) in [6.45, 7) is 2.82. The second-order valence-corrected chi connectivity index (χ2v) is 5.24. The minimum absolute atomic E-state index is 0.722. The van der Waals surface area contributed by atoms with Crippen LogP contribution in [0.15, 0.2) is 37.1 Å². The van der Waals surface area contributed by atoms with Crippen LogP contribution in [0.25, 0.3) is 11.4 Å². The molecule has 0 radical (unpaired) electrons. The van der Waals surface area contributed by atoms with Crippen LogP contribution in [0.1, 0.15) is 18.3 Å². The molecule has 8 heteroatoms. The molecule has 0 saturated carbocycles. The number of fused-ring (bicyclic) bond motifs is 2. The van der Waals surface area contributed by atoms with Crippen molar-refractivity contribution in [2.75, 3.05) is 11.9 Å². The third-order valence-electron chi connectivity index (χ3n) is 3.66. The maximum atomic E-state index is 4.50. The Morgan fingerprint density at radius 1 is 1.26 bits per heavy atom. The Bertz CT molecular complexity index is 921. The maximum absolute atomic E-state index is 4.50. The second-order valence-electron chi connectivity index (χ2n) is 5.24. The lowest BCUT2D eigenvalue weighted by atomic mass is 10.2. The molecule has 0 unspecified atom stereocenters. The molecule has 116 valence electrons. The second kappa shape index (κ2) is 5.64. The largest absolute Gasteiger partial charge is 0.381 e. The molecule has 23 heavy (non-hydrogen) atoms. The minimum atomic E-state index is 0.722. The predicted octanol–water partition coefficient (Wildman–Crippen LogP) is 1.38. The van der Waals surface area contributed by atoms with E-state index in [2.05, 4.69) is 37.5 Å². The lowest BCUT2D eigenvalue weighted by Crippen LogP contribution is -2.08. The topological polar surface area (TPSA) is 85.3 Å². The Hall–Kier alpha value is -3.03. The Morgan fingerprint density at radius 3 is 3.09 bits per heavy atom. The van der Waals surface area contributed by atoms with Gasteiger partial charge in [-0.25, -0.2) is 9.97 Å². The van der Waals surface area contributed by atoms with Crippen molar-refractivity contribution in [1.29, 1.82) is 0 Å². The van der Waals surface area contributed by atoms with E-state index in [0.29, 0.717) is 0 Å². The average molecular weight is 308 g/mol. The highest BCUT2D eigenvalue weighted by molar-refractivity contribution is 5.66. The highest BCUT2D eigenvalue weighted by Gasteiger charge is 2.08. The SMILES string of the molecule is CCc1cc(NCCc2cn3cccnc3n2)c2nncn2n1. The van der Waals surface area contributed by atoms with Crippen LogP contribution in [-0.4, -0.2) is 40.7 Å². The fraction of sp³-hybridized carbons (Fsp3) is 0.267. The van der Waals surface area contributed by atoms with E-state index in [0.717, 1.165) is 47.9 Å². The van der Waals surface area contributed by atoms with E-state index in [9.17, 15) is 0 Å². The van der Waals surface area contributed by atoms with Gasteiger partial charge in [0.05, 0.1) is 17.1 Å². The summed E-state index contributed by atoms with van der Waals surface area (Å²) in [5.74, 6) is 0.722. The zero-order valence-corrected chi connectivity index (χ0v) is 12.7. The molecule has 8 nitrogen and oxygen atoms in total. The van der Waals surface area contributed by atoms with Gasteiger partial charge in [-0.1, -0.05) is 6.92 Å². The van der Waals surface area contributed by atoms with Crippen LogP contribution in [-0.2, 0) is 12.8 Å².